The summed E-state index contributed by atoms with van der Waals surface area (Å²) in [7, 11) is 0. The lowest BCUT2D eigenvalue weighted by Gasteiger charge is -2.07. The highest BCUT2D eigenvalue weighted by Crippen LogP contribution is 2.23. The van der Waals surface area contributed by atoms with E-state index in [1.54, 1.807) is 12.1 Å². The van der Waals surface area contributed by atoms with Gasteiger partial charge in [-0.1, -0.05) is 29.8 Å². The summed E-state index contributed by atoms with van der Waals surface area (Å²) < 4.78 is 0.645. The number of nitrogens with one attached hydrogen (secondary N) is 1. The molecule has 3 nitrogen and oxygen atoms in total. The molecule has 1 N–H and O–H groups in total. The maximum absolute atomic E-state index is 12.0. The van der Waals surface area contributed by atoms with Gasteiger partial charge < -0.3 is 5.32 Å². The fourth-order valence-corrected chi connectivity index (χ4v) is 1.97. The molecular weight excluding hydrogens is 316 g/mol. The number of halogens is 2. The molecule has 0 fully saturated rings. The van der Waals surface area contributed by atoms with Crippen molar-refractivity contribution in [2.45, 2.75) is 6.92 Å². The van der Waals surface area contributed by atoms with Gasteiger partial charge in [-0.25, -0.2) is 4.98 Å². The van der Waals surface area contributed by atoms with E-state index in [0.29, 0.717) is 20.9 Å². The summed E-state index contributed by atoms with van der Waals surface area (Å²) in [6, 6.07) is 9.12. The van der Waals surface area contributed by atoms with E-state index in [2.05, 4.69) is 26.2 Å². The molecule has 0 unspecified atom stereocenters. The molecule has 2 aromatic rings. The smallest absolute Gasteiger partial charge is 0.255 e. The van der Waals surface area contributed by atoms with Crippen LogP contribution in [0.15, 0.2) is 41.0 Å². The number of pyridine rings is 1. The van der Waals surface area contributed by atoms with Crippen LogP contribution in [0.5, 0.6) is 0 Å². The van der Waals surface area contributed by atoms with Gasteiger partial charge in [0, 0.05) is 5.56 Å². The number of rotatable bonds is 2. The Morgan fingerprint density at radius 3 is 2.78 bits per heavy atom. The molecule has 1 amide bonds. The molecule has 0 bridgehead atoms. The van der Waals surface area contributed by atoms with Crippen LogP contribution in [0, 0.1) is 6.92 Å². The molecule has 2 rings (SSSR count). The molecule has 0 saturated carbocycles. The lowest BCUT2D eigenvalue weighted by molar-refractivity contribution is 0.102. The van der Waals surface area contributed by atoms with Gasteiger partial charge in [0.25, 0.3) is 5.91 Å². The Hall–Kier alpha value is -1.39. The maximum Gasteiger partial charge on any atom is 0.255 e. The summed E-state index contributed by atoms with van der Waals surface area (Å²) in [5.41, 5.74) is 2.17. The average molecular weight is 326 g/mol. The lowest BCUT2D eigenvalue weighted by atomic mass is 10.1. The van der Waals surface area contributed by atoms with Crippen LogP contribution in [0.2, 0.25) is 5.15 Å². The summed E-state index contributed by atoms with van der Waals surface area (Å²) >= 11 is 9.05. The molecule has 92 valence electrons. The van der Waals surface area contributed by atoms with Crippen molar-refractivity contribution in [1.82, 2.24) is 4.98 Å². The minimum atomic E-state index is -0.163. The zero-order valence-corrected chi connectivity index (χ0v) is 11.9. The molecule has 0 saturated heterocycles. The Labute approximate surface area is 118 Å². The molecule has 1 aromatic carbocycles. The second kappa shape index (κ2) is 5.50. The van der Waals surface area contributed by atoms with Crippen LogP contribution >= 0.6 is 27.5 Å². The Bertz CT molecular complexity index is 601. The van der Waals surface area contributed by atoms with Crippen LogP contribution in [0.4, 0.5) is 5.69 Å². The number of nitrogens with zero attached hydrogens (tertiary/aromatic N) is 1. The van der Waals surface area contributed by atoms with E-state index in [1.807, 2.05) is 25.1 Å². The standard InChI is InChI=1S/C13H10BrClN2O/c1-8-4-2-3-5-10(8)13(18)17-9-6-11(14)12(15)16-7-9/h2-7H,1H3,(H,17,18). The van der Waals surface area contributed by atoms with Gasteiger partial charge >= 0.3 is 0 Å². The van der Waals surface area contributed by atoms with Crippen LogP contribution in [0.3, 0.4) is 0 Å². The van der Waals surface area contributed by atoms with Crippen molar-refractivity contribution in [3.05, 3.63) is 57.3 Å². The molecule has 1 heterocycles. The summed E-state index contributed by atoms with van der Waals surface area (Å²) in [5.74, 6) is -0.163. The number of carbonyl (C=O) groups is 1. The molecule has 0 aliphatic rings. The molecule has 0 spiro atoms. The third-order valence-electron chi connectivity index (χ3n) is 2.44. The van der Waals surface area contributed by atoms with Crippen LogP contribution in [0.25, 0.3) is 0 Å². The van der Waals surface area contributed by atoms with E-state index in [9.17, 15) is 4.79 Å². The first-order valence-corrected chi connectivity index (χ1v) is 6.43. The summed E-state index contributed by atoms with van der Waals surface area (Å²) in [6.45, 7) is 1.89. The zero-order valence-electron chi connectivity index (χ0n) is 9.58. The first kappa shape index (κ1) is 13.1. The average Bonchev–Trinajstić information content (AvgIpc) is 2.34. The van der Waals surface area contributed by atoms with Crippen molar-refractivity contribution >= 4 is 39.1 Å². The monoisotopic (exact) mass is 324 g/mol. The zero-order chi connectivity index (χ0) is 13.1. The van der Waals surface area contributed by atoms with Gasteiger partial charge in [0.05, 0.1) is 16.4 Å². The summed E-state index contributed by atoms with van der Waals surface area (Å²) in [5, 5.41) is 3.14. The number of amides is 1. The second-order valence-electron chi connectivity index (χ2n) is 3.77. The van der Waals surface area contributed by atoms with Gasteiger partial charge in [-0.3, -0.25) is 4.79 Å². The van der Waals surface area contributed by atoms with E-state index in [4.69, 9.17) is 11.6 Å². The van der Waals surface area contributed by atoms with Gasteiger partial charge in [0.2, 0.25) is 0 Å². The largest absolute Gasteiger partial charge is 0.321 e. The van der Waals surface area contributed by atoms with E-state index in [0.717, 1.165) is 5.56 Å². The molecule has 0 aliphatic carbocycles. The molecule has 1 aromatic heterocycles. The van der Waals surface area contributed by atoms with Crippen molar-refractivity contribution in [2.24, 2.45) is 0 Å². The normalized spacial score (nSPS) is 10.2. The Morgan fingerprint density at radius 1 is 1.39 bits per heavy atom. The highest BCUT2D eigenvalue weighted by Gasteiger charge is 2.09. The molecule has 0 atom stereocenters. The predicted octanol–water partition coefficient (Wildman–Crippen LogP) is 4.06. The fourth-order valence-electron chi connectivity index (χ4n) is 1.52. The van der Waals surface area contributed by atoms with Crippen LogP contribution in [-0.2, 0) is 0 Å². The van der Waals surface area contributed by atoms with E-state index >= 15 is 0 Å². The molecule has 5 heteroatoms. The quantitative estimate of drug-likeness (QED) is 0.846. The second-order valence-corrected chi connectivity index (χ2v) is 4.98. The van der Waals surface area contributed by atoms with Gasteiger partial charge in [-0.05, 0) is 40.5 Å². The minimum Gasteiger partial charge on any atom is -0.321 e. The SMILES string of the molecule is Cc1ccccc1C(=O)Nc1cnc(Cl)c(Br)c1. The first-order chi connectivity index (χ1) is 8.58. The Balaban J connectivity index is 2.22. The fraction of sp³-hybridized carbons (Fsp3) is 0.0769. The number of aryl methyl sites for hydroxylation is 1. The van der Waals surface area contributed by atoms with E-state index in [-0.39, 0.29) is 5.91 Å². The highest BCUT2D eigenvalue weighted by atomic mass is 79.9. The van der Waals surface area contributed by atoms with Crippen molar-refractivity contribution in [3.8, 4) is 0 Å². The van der Waals surface area contributed by atoms with Crippen molar-refractivity contribution in [1.29, 1.82) is 0 Å². The number of benzene rings is 1. The first-order valence-electron chi connectivity index (χ1n) is 5.26. The van der Waals surface area contributed by atoms with Gasteiger partial charge in [-0.2, -0.15) is 0 Å². The Kier molecular flexibility index (Phi) is 3.99. The van der Waals surface area contributed by atoms with Crippen LogP contribution in [-0.4, -0.2) is 10.9 Å². The molecule has 18 heavy (non-hydrogen) atoms. The topological polar surface area (TPSA) is 42.0 Å². The molecule has 0 radical (unpaired) electrons. The van der Waals surface area contributed by atoms with Crippen molar-refractivity contribution in [2.75, 3.05) is 5.32 Å². The van der Waals surface area contributed by atoms with E-state index < -0.39 is 0 Å². The van der Waals surface area contributed by atoms with Crippen LogP contribution in [0.1, 0.15) is 15.9 Å². The Morgan fingerprint density at radius 2 is 2.11 bits per heavy atom. The van der Waals surface area contributed by atoms with Crippen molar-refractivity contribution in [3.63, 3.8) is 0 Å². The summed E-state index contributed by atoms with van der Waals surface area (Å²) in [6.07, 6.45) is 1.52. The number of anilines is 1. The molecule has 0 aliphatic heterocycles. The highest BCUT2D eigenvalue weighted by molar-refractivity contribution is 9.10. The number of carbonyl (C=O) groups excluding carboxylic acids is 1. The molecular formula is C13H10BrClN2O. The van der Waals surface area contributed by atoms with Crippen molar-refractivity contribution < 1.29 is 4.79 Å². The lowest BCUT2D eigenvalue weighted by Crippen LogP contribution is -2.13. The van der Waals surface area contributed by atoms with Gasteiger partial charge in [-0.15, -0.1) is 0 Å². The minimum absolute atomic E-state index is 0.163. The number of hydrogen-bond donors (Lipinski definition) is 1. The number of aromatic nitrogens is 1. The number of hydrogen-bond acceptors (Lipinski definition) is 2. The van der Waals surface area contributed by atoms with Crippen LogP contribution < -0.4 is 5.32 Å². The maximum atomic E-state index is 12.0. The van der Waals surface area contributed by atoms with Gasteiger partial charge in [0.15, 0.2) is 0 Å². The third-order valence-corrected chi connectivity index (χ3v) is 3.58. The van der Waals surface area contributed by atoms with Gasteiger partial charge in [0.1, 0.15) is 5.15 Å². The summed E-state index contributed by atoms with van der Waals surface area (Å²) in [4.78, 5) is 16.0. The predicted molar refractivity (Wildman–Crippen MR) is 76.1 cm³/mol. The van der Waals surface area contributed by atoms with E-state index in [1.165, 1.54) is 6.20 Å². The third kappa shape index (κ3) is 2.89.